The van der Waals surface area contributed by atoms with Crippen molar-refractivity contribution in [1.82, 2.24) is 19.4 Å². The smallest absolute Gasteiger partial charge is 0.257 e. The summed E-state index contributed by atoms with van der Waals surface area (Å²) in [5, 5.41) is 0. The lowest BCUT2D eigenvalue weighted by Gasteiger charge is -2.33. The molecule has 0 aliphatic carbocycles. The monoisotopic (exact) mass is 655 g/mol. The molecular weight excluding hydrogens is 606 g/mol. The van der Waals surface area contributed by atoms with Crippen molar-refractivity contribution < 1.29 is 23.7 Å². The highest BCUT2D eigenvalue weighted by atomic mass is 16.5. The van der Waals surface area contributed by atoms with E-state index in [0.29, 0.717) is 49.1 Å². The minimum Gasteiger partial charge on any atom is -0.493 e. The van der Waals surface area contributed by atoms with Crippen molar-refractivity contribution in [2.24, 2.45) is 0 Å². The van der Waals surface area contributed by atoms with Crippen molar-refractivity contribution in [1.29, 1.82) is 0 Å². The Hall–Kier alpha value is -4.28. The molecule has 48 heavy (non-hydrogen) atoms. The van der Waals surface area contributed by atoms with Crippen LogP contribution in [0.25, 0.3) is 11.0 Å². The summed E-state index contributed by atoms with van der Waals surface area (Å²) in [6, 6.07) is 22.7. The number of carbonyl (C=O) groups is 1. The molecule has 3 heterocycles. The third kappa shape index (κ3) is 6.82. The number of nitrogens with zero attached hydrogens (tertiary/aromatic N) is 5. The van der Waals surface area contributed by atoms with Crippen molar-refractivity contribution in [2.75, 3.05) is 85.3 Å². The van der Waals surface area contributed by atoms with Gasteiger partial charge in [-0.25, -0.2) is 4.98 Å². The second-order valence-corrected chi connectivity index (χ2v) is 12.7. The highest BCUT2D eigenvalue weighted by Gasteiger charge is 2.42. The summed E-state index contributed by atoms with van der Waals surface area (Å²) in [5.41, 5.74) is 3.82. The van der Waals surface area contributed by atoms with Gasteiger partial charge in [0.05, 0.1) is 44.5 Å². The van der Waals surface area contributed by atoms with Crippen LogP contribution in [0.15, 0.2) is 66.7 Å². The Kier molecular flexibility index (Phi) is 10.7. The van der Waals surface area contributed by atoms with Crippen LogP contribution in [0.2, 0.25) is 0 Å². The van der Waals surface area contributed by atoms with Crippen molar-refractivity contribution in [3.05, 3.63) is 77.9 Å². The number of methoxy groups -OCH3 is 3. The summed E-state index contributed by atoms with van der Waals surface area (Å²) in [6.45, 7) is 10.4. The summed E-state index contributed by atoms with van der Waals surface area (Å²) in [6.07, 6.45) is 2.94. The normalized spacial score (nSPS) is 18.7. The number of imidazole rings is 1. The van der Waals surface area contributed by atoms with Crippen LogP contribution in [0.1, 0.15) is 42.1 Å². The first kappa shape index (κ1) is 33.6. The van der Waals surface area contributed by atoms with Gasteiger partial charge in [-0.1, -0.05) is 42.5 Å². The molecule has 1 aromatic heterocycles. The topological polar surface area (TPSA) is 81.5 Å². The number of fused-ring (bicyclic) bond motifs is 1. The van der Waals surface area contributed by atoms with Crippen LogP contribution < -0.4 is 19.1 Å². The van der Waals surface area contributed by atoms with Crippen molar-refractivity contribution >= 4 is 22.9 Å². The lowest BCUT2D eigenvalue weighted by atomic mass is 9.76. The molecule has 0 spiro atoms. The maximum atomic E-state index is 14.0. The molecule has 1 atom stereocenters. The molecule has 0 bridgehead atoms. The zero-order valence-corrected chi connectivity index (χ0v) is 28.8. The van der Waals surface area contributed by atoms with Gasteiger partial charge in [-0.3, -0.25) is 4.79 Å². The van der Waals surface area contributed by atoms with E-state index in [9.17, 15) is 4.79 Å². The number of rotatable bonds is 13. The molecule has 3 aromatic carbocycles. The van der Waals surface area contributed by atoms with Gasteiger partial charge in [-0.05, 0) is 69.1 Å². The molecule has 0 radical (unpaired) electrons. The highest BCUT2D eigenvalue weighted by Crippen LogP contribution is 2.43. The molecule has 256 valence electrons. The Morgan fingerprint density at radius 1 is 0.833 bits per heavy atom. The summed E-state index contributed by atoms with van der Waals surface area (Å²) < 4.78 is 24.8. The van der Waals surface area contributed by atoms with Crippen molar-refractivity contribution in [3.63, 3.8) is 0 Å². The van der Waals surface area contributed by atoms with Crippen LogP contribution in [-0.4, -0.2) is 106 Å². The predicted molar refractivity (Wildman–Crippen MR) is 189 cm³/mol. The number of ether oxygens (including phenoxy) is 4. The number of para-hydroxylation sites is 2. The second kappa shape index (κ2) is 15.3. The Morgan fingerprint density at radius 3 is 2.40 bits per heavy atom. The van der Waals surface area contributed by atoms with Gasteiger partial charge in [-0.2, -0.15) is 0 Å². The molecule has 2 aliphatic heterocycles. The number of anilines is 1. The van der Waals surface area contributed by atoms with Crippen LogP contribution in [0.3, 0.4) is 0 Å². The van der Waals surface area contributed by atoms with E-state index >= 15 is 0 Å². The molecular formula is C38H49N5O5. The van der Waals surface area contributed by atoms with Crippen LogP contribution in [-0.2, 0) is 16.7 Å². The maximum Gasteiger partial charge on any atom is 0.257 e. The first-order valence-corrected chi connectivity index (χ1v) is 17.2. The fourth-order valence-electron chi connectivity index (χ4n) is 7.45. The standard InChI is InChI=1S/C38H49N5O5/c1-5-48-27-26-43-32-15-10-9-14-31(32)39-37(43)41-21-11-20-40(24-25-41)22-18-38(29-12-7-6-8-13-29)19-23-42(28-38)36(44)30-16-17-33(45-2)35(47-4)34(30)46-3/h6-10,12-17H,5,11,18-28H2,1-4H3. The summed E-state index contributed by atoms with van der Waals surface area (Å²) in [4.78, 5) is 26.1. The molecule has 4 aromatic rings. The fraction of sp³-hybridized carbons (Fsp3) is 0.474. The van der Waals surface area contributed by atoms with Crippen molar-refractivity contribution in [3.8, 4) is 17.2 Å². The molecule has 2 saturated heterocycles. The highest BCUT2D eigenvalue weighted by molar-refractivity contribution is 5.98. The molecule has 1 unspecified atom stereocenters. The molecule has 0 N–H and O–H groups in total. The number of hydrogen-bond donors (Lipinski definition) is 0. The Bertz CT molecular complexity index is 1680. The number of hydrogen-bond acceptors (Lipinski definition) is 8. The molecule has 2 fully saturated rings. The zero-order valence-electron chi connectivity index (χ0n) is 28.8. The Morgan fingerprint density at radius 2 is 1.62 bits per heavy atom. The summed E-state index contributed by atoms with van der Waals surface area (Å²) >= 11 is 0. The molecule has 2 aliphatic rings. The quantitative estimate of drug-likeness (QED) is 0.175. The van der Waals surface area contributed by atoms with Crippen molar-refractivity contribution in [2.45, 2.75) is 38.1 Å². The minimum atomic E-state index is -0.139. The number of likely N-dealkylation sites (tertiary alicyclic amines) is 1. The lowest BCUT2D eigenvalue weighted by molar-refractivity contribution is 0.0776. The van der Waals surface area contributed by atoms with Gasteiger partial charge in [0.2, 0.25) is 11.7 Å². The fourth-order valence-corrected chi connectivity index (χ4v) is 7.45. The average molecular weight is 656 g/mol. The molecule has 0 saturated carbocycles. The summed E-state index contributed by atoms with van der Waals surface area (Å²) in [5.74, 6) is 2.35. The van der Waals surface area contributed by atoms with Gasteiger partial charge in [0.1, 0.15) is 0 Å². The van der Waals surface area contributed by atoms with E-state index in [-0.39, 0.29) is 11.3 Å². The molecule has 6 rings (SSSR count). The molecule has 10 heteroatoms. The lowest BCUT2D eigenvalue weighted by Crippen LogP contribution is -2.39. The van der Waals surface area contributed by atoms with E-state index in [1.807, 2.05) is 11.8 Å². The van der Waals surface area contributed by atoms with Crippen LogP contribution in [0, 0.1) is 0 Å². The largest absolute Gasteiger partial charge is 0.493 e. The van der Waals surface area contributed by atoms with E-state index in [0.717, 1.165) is 75.5 Å². The maximum absolute atomic E-state index is 14.0. The number of amides is 1. The number of carbonyl (C=O) groups excluding carboxylic acids is 1. The van der Waals surface area contributed by atoms with Gasteiger partial charge in [-0.15, -0.1) is 0 Å². The van der Waals surface area contributed by atoms with Gasteiger partial charge in [0.15, 0.2) is 11.5 Å². The SMILES string of the molecule is CCOCCn1c(N2CCCN(CCC3(c4ccccc4)CCN(C(=O)c4ccc(OC)c(OC)c4OC)C3)CC2)nc2ccccc21. The zero-order chi connectivity index (χ0) is 33.5. The third-order valence-electron chi connectivity index (χ3n) is 10.0. The van der Waals surface area contributed by atoms with E-state index in [1.165, 1.54) is 5.56 Å². The van der Waals surface area contributed by atoms with Crippen LogP contribution in [0.5, 0.6) is 17.2 Å². The summed E-state index contributed by atoms with van der Waals surface area (Å²) in [7, 11) is 4.70. The third-order valence-corrected chi connectivity index (χ3v) is 10.0. The molecule has 1 amide bonds. The Balaban J connectivity index is 1.17. The van der Waals surface area contributed by atoms with E-state index < -0.39 is 0 Å². The first-order valence-electron chi connectivity index (χ1n) is 17.2. The second-order valence-electron chi connectivity index (χ2n) is 12.7. The number of aromatic nitrogens is 2. The first-order chi connectivity index (χ1) is 23.5. The van der Waals surface area contributed by atoms with Crippen LogP contribution in [0.4, 0.5) is 5.95 Å². The predicted octanol–water partition coefficient (Wildman–Crippen LogP) is 5.48. The minimum absolute atomic E-state index is 0.0525. The van der Waals surface area contributed by atoms with Gasteiger partial charge < -0.3 is 38.2 Å². The average Bonchev–Trinajstić information content (AvgIpc) is 3.65. The van der Waals surface area contributed by atoms with E-state index in [4.69, 9.17) is 23.9 Å². The molecule has 10 nitrogen and oxygen atoms in total. The van der Waals surface area contributed by atoms with E-state index in [2.05, 4.69) is 69.0 Å². The van der Waals surface area contributed by atoms with Gasteiger partial charge in [0, 0.05) is 51.3 Å². The van der Waals surface area contributed by atoms with Gasteiger partial charge >= 0.3 is 0 Å². The Labute approximate surface area is 284 Å². The van der Waals surface area contributed by atoms with Gasteiger partial charge in [0.25, 0.3) is 5.91 Å². The van der Waals surface area contributed by atoms with E-state index in [1.54, 1.807) is 33.5 Å². The van der Waals surface area contributed by atoms with Crippen LogP contribution >= 0.6 is 0 Å². The number of benzene rings is 3.